The molecule has 20 heavy (non-hydrogen) atoms. The fourth-order valence-electron chi connectivity index (χ4n) is 3.41. The summed E-state index contributed by atoms with van der Waals surface area (Å²) in [6.45, 7) is 6.77. The van der Waals surface area contributed by atoms with Gasteiger partial charge in [-0.15, -0.1) is 0 Å². The van der Waals surface area contributed by atoms with Crippen LogP contribution in [0.4, 0.5) is 0 Å². The van der Waals surface area contributed by atoms with Crippen LogP contribution in [0.3, 0.4) is 0 Å². The topological polar surface area (TPSA) is 41.4 Å². The maximum absolute atomic E-state index is 12.3. The summed E-state index contributed by atoms with van der Waals surface area (Å²) >= 11 is 0. The number of aryl methyl sites for hydroxylation is 1. The normalized spacial score (nSPS) is 22.9. The van der Waals surface area contributed by atoms with Crippen molar-refractivity contribution in [2.75, 3.05) is 26.7 Å². The Morgan fingerprint density at radius 1 is 1.35 bits per heavy atom. The summed E-state index contributed by atoms with van der Waals surface area (Å²) in [4.78, 5) is 16.7. The zero-order valence-corrected chi connectivity index (χ0v) is 12.5. The van der Waals surface area contributed by atoms with Gasteiger partial charge in [0.25, 0.3) is 0 Å². The Hall–Kier alpha value is -1.36. The van der Waals surface area contributed by atoms with E-state index in [2.05, 4.69) is 24.0 Å². The van der Waals surface area contributed by atoms with Crippen molar-refractivity contribution in [2.45, 2.75) is 39.3 Å². The second-order valence-electron chi connectivity index (χ2n) is 6.39. The van der Waals surface area contributed by atoms with Crippen molar-refractivity contribution in [1.29, 1.82) is 0 Å². The monoisotopic (exact) mass is 276 g/mol. The van der Waals surface area contributed by atoms with Gasteiger partial charge in [-0.05, 0) is 51.4 Å². The Morgan fingerprint density at radius 3 is 2.75 bits per heavy atom. The lowest BCUT2D eigenvalue weighted by atomic mass is 9.78. The minimum absolute atomic E-state index is 0.233. The number of nitrogens with zero attached hydrogens (tertiary/aromatic N) is 4. The maximum Gasteiger partial charge on any atom is 0.223 e. The number of hydrogen-bond donors (Lipinski definition) is 0. The molecule has 0 aromatic carbocycles. The van der Waals surface area contributed by atoms with Gasteiger partial charge in [-0.2, -0.15) is 5.10 Å². The highest BCUT2D eigenvalue weighted by Crippen LogP contribution is 2.41. The van der Waals surface area contributed by atoms with E-state index in [9.17, 15) is 4.79 Å². The number of amides is 1. The van der Waals surface area contributed by atoms with Crippen LogP contribution in [-0.2, 0) is 17.9 Å². The van der Waals surface area contributed by atoms with Gasteiger partial charge in [0.15, 0.2) is 0 Å². The van der Waals surface area contributed by atoms with Gasteiger partial charge in [-0.3, -0.25) is 9.48 Å². The molecule has 2 aliphatic heterocycles. The molecule has 0 atom stereocenters. The van der Waals surface area contributed by atoms with Crippen LogP contribution in [0.1, 0.15) is 31.9 Å². The summed E-state index contributed by atoms with van der Waals surface area (Å²) in [5, 5.41) is 4.49. The van der Waals surface area contributed by atoms with E-state index in [-0.39, 0.29) is 5.41 Å². The van der Waals surface area contributed by atoms with E-state index in [1.807, 2.05) is 21.8 Å². The van der Waals surface area contributed by atoms with Crippen LogP contribution in [0, 0.1) is 5.41 Å². The van der Waals surface area contributed by atoms with E-state index in [1.54, 1.807) is 0 Å². The Balaban J connectivity index is 1.65. The van der Waals surface area contributed by atoms with E-state index in [4.69, 9.17) is 0 Å². The molecule has 2 saturated heterocycles. The average Bonchev–Trinajstić information content (AvgIpc) is 3.00. The molecule has 110 valence electrons. The van der Waals surface area contributed by atoms with Crippen LogP contribution in [-0.4, -0.2) is 52.2 Å². The third-order valence-corrected chi connectivity index (χ3v) is 4.83. The zero-order chi connectivity index (χ0) is 14.2. The van der Waals surface area contributed by atoms with Crippen LogP contribution in [0.2, 0.25) is 0 Å². The lowest BCUT2D eigenvalue weighted by molar-refractivity contribution is -0.128. The van der Waals surface area contributed by atoms with Crippen LogP contribution in [0.15, 0.2) is 12.3 Å². The highest BCUT2D eigenvalue weighted by atomic mass is 16.2. The van der Waals surface area contributed by atoms with Gasteiger partial charge in [-0.1, -0.05) is 0 Å². The van der Waals surface area contributed by atoms with Crippen LogP contribution >= 0.6 is 0 Å². The van der Waals surface area contributed by atoms with Gasteiger partial charge in [0.1, 0.15) is 0 Å². The third-order valence-electron chi connectivity index (χ3n) is 4.83. The first-order valence-corrected chi connectivity index (χ1v) is 7.59. The molecule has 1 aromatic heterocycles. The summed E-state index contributed by atoms with van der Waals surface area (Å²) in [5.74, 6) is 0.306. The van der Waals surface area contributed by atoms with E-state index in [0.29, 0.717) is 12.5 Å². The average molecular weight is 276 g/mol. The molecule has 3 rings (SSSR count). The van der Waals surface area contributed by atoms with Crippen molar-refractivity contribution >= 4 is 5.91 Å². The molecule has 2 fully saturated rings. The van der Waals surface area contributed by atoms with E-state index >= 15 is 0 Å². The first-order chi connectivity index (χ1) is 9.60. The van der Waals surface area contributed by atoms with E-state index in [1.165, 1.54) is 0 Å². The second kappa shape index (κ2) is 5.20. The minimum atomic E-state index is 0.233. The predicted octanol–water partition coefficient (Wildman–Crippen LogP) is 1.35. The van der Waals surface area contributed by atoms with Gasteiger partial charge >= 0.3 is 0 Å². The lowest BCUT2D eigenvalue weighted by Crippen LogP contribution is -2.39. The fraction of sp³-hybridized carbons (Fsp3) is 0.733. The molecular weight excluding hydrogens is 252 g/mol. The Morgan fingerprint density at radius 2 is 2.10 bits per heavy atom. The maximum atomic E-state index is 12.3. The zero-order valence-electron chi connectivity index (χ0n) is 12.5. The number of carbonyl (C=O) groups is 1. The highest BCUT2D eigenvalue weighted by molar-refractivity contribution is 5.79. The number of hydrogen-bond acceptors (Lipinski definition) is 3. The quantitative estimate of drug-likeness (QED) is 0.837. The number of aromatic nitrogens is 2. The molecule has 3 heterocycles. The van der Waals surface area contributed by atoms with Crippen molar-refractivity contribution in [3.05, 3.63) is 18.0 Å². The van der Waals surface area contributed by atoms with Crippen molar-refractivity contribution in [1.82, 2.24) is 19.6 Å². The first kappa shape index (κ1) is 13.6. The van der Waals surface area contributed by atoms with Gasteiger partial charge in [0.05, 0.1) is 12.2 Å². The molecule has 0 unspecified atom stereocenters. The molecule has 1 amide bonds. The number of likely N-dealkylation sites (tertiary alicyclic amines) is 2. The summed E-state index contributed by atoms with van der Waals surface area (Å²) < 4.78 is 1.92. The van der Waals surface area contributed by atoms with Gasteiger partial charge in [-0.25, -0.2) is 0 Å². The van der Waals surface area contributed by atoms with Gasteiger partial charge < -0.3 is 9.80 Å². The lowest BCUT2D eigenvalue weighted by Gasteiger charge is -2.37. The van der Waals surface area contributed by atoms with Crippen LogP contribution in [0.5, 0.6) is 0 Å². The second-order valence-corrected chi connectivity index (χ2v) is 6.39. The molecule has 0 saturated carbocycles. The predicted molar refractivity (Wildman–Crippen MR) is 77.1 cm³/mol. The molecule has 5 heteroatoms. The number of carbonyl (C=O) groups excluding carboxylic acids is 1. The summed E-state index contributed by atoms with van der Waals surface area (Å²) in [6, 6.07) is 2.02. The fourth-order valence-corrected chi connectivity index (χ4v) is 3.41. The van der Waals surface area contributed by atoms with Crippen LogP contribution in [0.25, 0.3) is 0 Å². The molecule has 0 N–H and O–H groups in total. The molecular formula is C15H24N4O. The number of rotatable bonds is 3. The first-order valence-electron chi connectivity index (χ1n) is 7.59. The van der Waals surface area contributed by atoms with Crippen molar-refractivity contribution < 1.29 is 4.79 Å². The van der Waals surface area contributed by atoms with E-state index < -0.39 is 0 Å². The Labute approximate surface area is 120 Å². The van der Waals surface area contributed by atoms with Crippen molar-refractivity contribution in [3.63, 3.8) is 0 Å². The number of piperidine rings is 1. The summed E-state index contributed by atoms with van der Waals surface area (Å²) in [7, 11) is 2.17. The Kier molecular flexibility index (Phi) is 3.54. The highest BCUT2D eigenvalue weighted by Gasteiger charge is 2.44. The molecule has 5 nitrogen and oxygen atoms in total. The molecule has 0 radical (unpaired) electrons. The van der Waals surface area contributed by atoms with Gasteiger partial charge in [0, 0.05) is 25.7 Å². The third kappa shape index (κ3) is 2.59. The SMILES string of the molecule is CCn1ccc(CN2CC3(CCN(C)CC3)CC2=O)n1. The smallest absolute Gasteiger partial charge is 0.223 e. The molecule has 1 spiro atoms. The van der Waals surface area contributed by atoms with Crippen molar-refractivity contribution in [2.24, 2.45) is 5.41 Å². The summed E-state index contributed by atoms with van der Waals surface area (Å²) in [5.41, 5.74) is 1.24. The molecule has 1 aromatic rings. The minimum Gasteiger partial charge on any atom is -0.336 e. The molecule has 0 aliphatic carbocycles. The Bertz CT molecular complexity index is 488. The standard InChI is InChI=1S/C15H24N4O/c1-3-19-7-4-13(16-19)11-18-12-15(10-14(18)20)5-8-17(2)9-6-15/h4,7H,3,5-6,8-12H2,1-2H3. The molecule has 0 bridgehead atoms. The summed E-state index contributed by atoms with van der Waals surface area (Å²) in [6.07, 6.45) is 5.01. The van der Waals surface area contributed by atoms with Crippen molar-refractivity contribution in [3.8, 4) is 0 Å². The molecule has 2 aliphatic rings. The van der Waals surface area contributed by atoms with Gasteiger partial charge in [0.2, 0.25) is 5.91 Å². The largest absolute Gasteiger partial charge is 0.336 e. The van der Waals surface area contributed by atoms with E-state index in [0.717, 1.165) is 51.1 Å². The van der Waals surface area contributed by atoms with Crippen LogP contribution < -0.4 is 0 Å².